The van der Waals surface area contributed by atoms with Gasteiger partial charge in [0.1, 0.15) is 0 Å². The fraction of sp³-hybridized carbons (Fsp3) is 0.500. The highest BCUT2D eigenvalue weighted by Crippen LogP contribution is 2.24. The molecule has 0 bridgehead atoms. The van der Waals surface area contributed by atoms with Crippen molar-refractivity contribution in [2.24, 2.45) is 0 Å². The Balaban J connectivity index is 2.60. The summed E-state index contributed by atoms with van der Waals surface area (Å²) >= 11 is 0. The van der Waals surface area contributed by atoms with E-state index in [9.17, 15) is 8.42 Å². The van der Waals surface area contributed by atoms with Crippen LogP contribution in [0, 0.1) is 6.92 Å². The molecule has 0 aromatic heterocycles. The number of rotatable bonds is 6. The molecule has 0 heterocycles. The fourth-order valence-electron chi connectivity index (χ4n) is 1.29. The Morgan fingerprint density at radius 1 is 1.12 bits per heavy atom. The van der Waals surface area contributed by atoms with Gasteiger partial charge in [0.25, 0.3) is 0 Å². The molecule has 0 saturated carbocycles. The predicted molar refractivity (Wildman–Crippen MR) is 70.3 cm³/mol. The Kier molecular flexibility index (Phi) is 5.35. The Hall–Kier alpha value is -0.480. The summed E-state index contributed by atoms with van der Waals surface area (Å²) < 4.78 is 23.7. The van der Waals surface area contributed by atoms with E-state index in [2.05, 4.69) is 6.92 Å². The molecule has 2 nitrogen and oxygen atoms in total. The van der Waals surface area contributed by atoms with Gasteiger partial charge in [-0.15, -0.1) is 0 Å². The van der Waals surface area contributed by atoms with Crippen molar-refractivity contribution in [1.29, 1.82) is 0 Å². The maximum Gasteiger partial charge on any atom is 0.229 e. The van der Waals surface area contributed by atoms with Crippen molar-refractivity contribution >= 4 is 19.7 Å². The molecule has 16 heavy (non-hydrogen) atoms. The first kappa shape index (κ1) is 13.6. The highest BCUT2D eigenvalue weighted by molar-refractivity contribution is 8.72. The third-order valence-electron chi connectivity index (χ3n) is 2.30. The van der Waals surface area contributed by atoms with Gasteiger partial charge < -0.3 is 0 Å². The number of hydrogen-bond acceptors (Lipinski definition) is 3. The summed E-state index contributed by atoms with van der Waals surface area (Å²) in [4.78, 5) is 0.416. The van der Waals surface area contributed by atoms with Gasteiger partial charge in [0.05, 0.1) is 4.90 Å². The summed E-state index contributed by atoms with van der Waals surface area (Å²) in [6.45, 7) is 4.06. The lowest BCUT2D eigenvalue weighted by Gasteiger charge is -2.03. The second-order valence-electron chi connectivity index (χ2n) is 3.80. The molecule has 0 aliphatic carbocycles. The molecule has 0 aliphatic heterocycles. The van der Waals surface area contributed by atoms with E-state index >= 15 is 0 Å². The zero-order valence-electron chi connectivity index (χ0n) is 9.77. The van der Waals surface area contributed by atoms with Crippen molar-refractivity contribution in [2.75, 3.05) is 5.75 Å². The zero-order valence-corrected chi connectivity index (χ0v) is 11.4. The molecule has 0 spiro atoms. The smallest absolute Gasteiger partial charge is 0.212 e. The van der Waals surface area contributed by atoms with Crippen LogP contribution in [0.25, 0.3) is 0 Å². The quantitative estimate of drug-likeness (QED) is 0.577. The fourth-order valence-corrected chi connectivity index (χ4v) is 4.19. The van der Waals surface area contributed by atoms with Crippen LogP contribution < -0.4 is 0 Å². The van der Waals surface area contributed by atoms with Crippen LogP contribution in [0.5, 0.6) is 0 Å². The van der Waals surface area contributed by atoms with Crippen molar-refractivity contribution in [3.05, 3.63) is 29.8 Å². The van der Waals surface area contributed by atoms with Crippen molar-refractivity contribution in [3.63, 3.8) is 0 Å². The molecule has 0 N–H and O–H groups in total. The molecule has 1 aromatic rings. The number of hydrogen-bond donors (Lipinski definition) is 0. The molecule has 90 valence electrons. The lowest BCUT2D eigenvalue weighted by Crippen LogP contribution is -1.96. The van der Waals surface area contributed by atoms with Crippen LogP contribution in [-0.4, -0.2) is 14.2 Å². The van der Waals surface area contributed by atoms with Gasteiger partial charge in [-0.1, -0.05) is 37.5 Å². The van der Waals surface area contributed by atoms with Crippen LogP contribution in [-0.2, 0) is 8.87 Å². The SMILES string of the molecule is CCCCCSS(=O)(=O)c1ccc(C)cc1. The first-order valence-electron chi connectivity index (χ1n) is 5.52. The molecular weight excluding hydrogens is 240 g/mol. The third-order valence-corrected chi connectivity index (χ3v) is 5.92. The van der Waals surface area contributed by atoms with Crippen molar-refractivity contribution in [1.82, 2.24) is 0 Å². The van der Waals surface area contributed by atoms with E-state index in [0.29, 0.717) is 10.6 Å². The van der Waals surface area contributed by atoms with Crippen LogP contribution in [0.15, 0.2) is 29.2 Å². The van der Waals surface area contributed by atoms with E-state index in [1.165, 1.54) is 0 Å². The van der Waals surface area contributed by atoms with Crippen LogP contribution in [0.2, 0.25) is 0 Å². The predicted octanol–water partition coefficient (Wildman–Crippen LogP) is 3.61. The van der Waals surface area contributed by atoms with Gasteiger partial charge in [0.2, 0.25) is 8.87 Å². The van der Waals surface area contributed by atoms with E-state index in [1.54, 1.807) is 12.1 Å². The Morgan fingerprint density at radius 2 is 1.75 bits per heavy atom. The summed E-state index contributed by atoms with van der Waals surface area (Å²) in [6.07, 6.45) is 3.17. The molecule has 1 aromatic carbocycles. The maximum absolute atomic E-state index is 11.9. The normalized spacial score (nSPS) is 11.6. The van der Waals surface area contributed by atoms with Gasteiger partial charge >= 0.3 is 0 Å². The van der Waals surface area contributed by atoms with Crippen molar-refractivity contribution < 1.29 is 8.42 Å². The topological polar surface area (TPSA) is 34.1 Å². The Bertz CT molecular complexity index is 407. The summed E-state index contributed by atoms with van der Waals surface area (Å²) in [5.74, 6) is 0.685. The Labute approximate surface area is 102 Å². The average Bonchev–Trinajstić information content (AvgIpc) is 2.25. The Morgan fingerprint density at radius 3 is 2.31 bits per heavy atom. The largest absolute Gasteiger partial charge is 0.229 e. The molecule has 0 fully saturated rings. The highest BCUT2D eigenvalue weighted by Gasteiger charge is 2.13. The average molecular weight is 258 g/mol. The number of aryl methyl sites for hydroxylation is 1. The molecule has 0 amide bonds. The summed E-state index contributed by atoms with van der Waals surface area (Å²) in [5.41, 5.74) is 1.08. The minimum Gasteiger partial charge on any atom is -0.212 e. The van der Waals surface area contributed by atoms with Crippen LogP contribution >= 0.6 is 10.8 Å². The van der Waals surface area contributed by atoms with Gasteiger partial charge in [-0.05, 0) is 36.3 Å². The molecule has 0 radical (unpaired) electrons. The second kappa shape index (κ2) is 6.30. The third kappa shape index (κ3) is 4.18. The first-order valence-corrected chi connectivity index (χ1v) is 8.51. The van der Waals surface area contributed by atoms with E-state index in [0.717, 1.165) is 35.6 Å². The van der Waals surface area contributed by atoms with Crippen LogP contribution in [0.4, 0.5) is 0 Å². The minimum absolute atomic E-state index is 0.416. The standard InChI is InChI=1S/C12H18O2S2/c1-3-4-5-10-15-16(13,14)12-8-6-11(2)7-9-12/h6-9H,3-5,10H2,1-2H3. The minimum atomic E-state index is -3.14. The molecule has 4 heteroatoms. The molecule has 0 saturated heterocycles. The molecular formula is C12H18O2S2. The van der Waals surface area contributed by atoms with Gasteiger partial charge in [-0.2, -0.15) is 0 Å². The van der Waals surface area contributed by atoms with E-state index in [1.807, 2.05) is 19.1 Å². The summed E-state index contributed by atoms with van der Waals surface area (Å²) in [5, 5.41) is 0. The lowest BCUT2D eigenvalue weighted by molar-refractivity contribution is 0.610. The van der Waals surface area contributed by atoms with E-state index < -0.39 is 8.87 Å². The molecule has 0 unspecified atom stereocenters. The monoisotopic (exact) mass is 258 g/mol. The van der Waals surface area contributed by atoms with Crippen molar-refractivity contribution in [3.8, 4) is 0 Å². The lowest BCUT2D eigenvalue weighted by atomic mass is 10.2. The first-order chi connectivity index (χ1) is 7.56. The van der Waals surface area contributed by atoms with Gasteiger partial charge in [0.15, 0.2) is 0 Å². The summed E-state index contributed by atoms with van der Waals surface area (Å²) in [7, 11) is -2.09. The second-order valence-corrected chi connectivity index (χ2v) is 7.84. The van der Waals surface area contributed by atoms with Crippen LogP contribution in [0.1, 0.15) is 31.7 Å². The van der Waals surface area contributed by atoms with E-state index in [-0.39, 0.29) is 0 Å². The molecule has 1 rings (SSSR count). The van der Waals surface area contributed by atoms with Crippen molar-refractivity contribution in [2.45, 2.75) is 38.0 Å². The number of unbranched alkanes of at least 4 members (excludes halogenated alkanes) is 2. The maximum atomic E-state index is 11.9. The highest BCUT2D eigenvalue weighted by atomic mass is 33.1. The van der Waals surface area contributed by atoms with Crippen LogP contribution in [0.3, 0.4) is 0 Å². The van der Waals surface area contributed by atoms with Gasteiger partial charge in [-0.3, -0.25) is 0 Å². The van der Waals surface area contributed by atoms with E-state index in [4.69, 9.17) is 0 Å². The number of benzene rings is 1. The molecule has 0 aliphatic rings. The van der Waals surface area contributed by atoms with Gasteiger partial charge in [0, 0.05) is 5.75 Å². The zero-order chi connectivity index (χ0) is 12.0. The molecule has 0 atom stereocenters. The van der Waals surface area contributed by atoms with Gasteiger partial charge in [-0.25, -0.2) is 8.42 Å². The summed E-state index contributed by atoms with van der Waals surface area (Å²) in [6, 6.07) is 7.02.